The normalized spacial score (nSPS) is 19.8. The molecular formula is C18H25N4O3S+. The molecular weight excluding hydrogens is 352 g/mol. The van der Waals surface area contributed by atoms with Crippen LogP contribution in [-0.4, -0.2) is 65.8 Å². The first-order valence-corrected chi connectivity index (χ1v) is 9.60. The van der Waals surface area contributed by atoms with Gasteiger partial charge in [0.05, 0.1) is 19.8 Å². The molecule has 4 amide bonds. The Bertz CT molecular complexity index is 724. The van der Waals surface area contributed by atoms with Crippen LogP contribution in [0.3, 0.4) is 0 Å². The highest BCUT2D eigenvalue weighted by atomic mass is 32.2. The molecule has 26 heavy (non-hydrogen) atoms. The zero-order chi connectivity index (χ0) is 19.3. The Morgan fingerprint density at radius 2 is 2.23 bits per heavy atom. The number of urea groups is 1. The van der Waals surface area contributed by atoms with Crippen LogP contribution >= 0.6 is 11.8 Å². The van der Waals surface area contributed by atoms with E-state index in [1.807, 2.05) is 0 Å². The summed E-state index contributed by atoms with van der Waals surface area (Å²) < 4.78 is 1.40. The van der Waals surface area contributed by atoms with Gasteiger partial charge in [-0.15, -0.1) is 23.3 Å². The lowest BCUT2D eigenvalue weighted by Crippen LogP contribution is -2.52. The van der Waals surface area contributed by atoms with E-state index in [0.717, 1.165) is 34.6 Å². The number of unbranched alkanes of at least 4 members (excludes halogenated alkanes) is 1. The van der Waals surface area contributed by atoms with Gasteiger partial charge in [-0.05, 0) is 18.4 Å². The van der Waals surface area contributed by atoms with Gasteiger partial charge >= 0.3 is 11.9 Å². The summed E-state index contributed by atoms with van der Waals surface area (Å²) in [7, 11) is 3.09. The zero-order valence-corrected chi connectivity index (χ0v) is 16.3. The number of thioether (sulfide) groups is 1. The molecule has 0 aromatic carbocycles. The second kappa shape index (κ2) is 8.93. The van der Waals surface area contributed by atoms with Crippen molar-refractivity contribution in [1.29, 1.82) is 0 Å². The predicted octanol–water partition coefficient (Wildman–Crippen LogP) is 1.80. The van der Waals surface area contributed by atoms with Gasteiger partial charge in [-0.25, -0.2) is 4.79 Å². The Balaban J connectivity index is 2.35. The molecule has 2 rings (SSSR count). The van der Waals surface area contributed by atoms with Gasteiger partial charge in [0.2, 0.25) is 5.91 Å². The van der Waals surface area contributed by atoms with Gasteiger partial charge in [-0.3, -0.25) is 9.59 Å². The smallest absolute Gasteiger partial charge is 0.352 e. The summed E-state index contributed by atoms with van der Waals surface area (Å²) in [6.07, 6.45) is 6.12. The highest BCUT2D eigenvalue weighted by Crippen LogP contribution is 2.36. The summed E-state index contributed by atoms with van der Waals surface area (Å²) in [6, 6.07) is -0.400. The van der Waals surface area contributed by atoms with Gasteiger partial charge < -0.3 is 5.32 Å². The Kier molecular flexibility index (Phi) is 6.90. The second-order valence-corrected chi connectivity index (χ2v) is 7.18. The number of allylic oxidation sites excluding steroid dienone is 1. The Morgan fingerprint density at radius 3 is 2.88 bits per heavy atom. The third-order valence-electron chi connectivity index (χ3n) is 4.29. The summed E-state index contributed by atoms with van der Waals surface area (Å²) in [4.78, 5) is 43.3. The molecule has 0 aliphatic carbocycles. The number of nitrogens with one attached hydrogen (secondary N) is 1. The molecule has 0 saturated carbocycles. The van der Waals surface area contributed by atoms with Crippen molar-refractivity contribution in [2.24, 2.45) is 10.9 Å². The van der Waals surface area contributed by atoms with Gasteiger partial charge in [-0.1, -0.05) is 19.4 Å². The number of hydrogen-bond donors (Lipinski definition) is 1. The van der Waals surface area contributed by atoms with Gasteiger partial charge in [0, 0.05) is 11.4 Å². The van der Waals surface area contributed by atoms with E-state index >= 15 is 0 Å². The number of carbonyl (C=O) groups is 3. The van der Waals surface area contributed by atoms with E-state index in [0.29, 0.717) is 12.4 Å². The molecule has 2 aliphatic rings. The van der Waals surface area contributed by atoms with Crippen molar-refractivity contribution in [3.8, 4) is 0 Å². The van der Waals surface area contributed by atoms with Crippen LogP contribution in [0, 0.1) is 5.92 Å². The van der Waals surface area contributed by atoms with Crippen LogP contribution in [-0.2, 0) is 9.59 Å². The fourth-order valence-corrected chi connectivity index (χ4v) is 3.91. The number of imide groups is 1. The average molecular weight is 377 g/mol. The number of hydrogen-bond acceptors (Lipinski definition) is 5. The highest BCUT2D eigenvalue weighted by molar-refractivity contribution is 8.03. The van der Waals surface area contributed by atoms with Crippen LogP contribution in [0.4, 0.5) is 4.79 Å². The van der Waals surface area contributed by atoms with Crippen molar-refractivity contribution in [3.63, 3.8) is 0 Å². The Labute approximate surface area is 157 Å². The topological polar surface area (TPSA) is 81.8 Å². The molecule has 1 unspecified atom stereocenters. The minimum absolute atomic E-state index is 0.123. The minimum Gasteiger partial charge on any atom is -0.352 e. The SMILES string of the molecule is C=CCNC(=O)CSC1=C(CCCC)C=NC2=[N+](C)C(=O)N(C)C(=O)C12. The number of aliphatic imine (C=N–C) groups is 1. The van der Waals surface area contributed by atoms with Crippen molar-refractivity contribution in [3.05, 3.63) is 23.1 Å². The first-order chi connectivity index (χ1) is 12.4. The first-order valence-electron chi connectivity index (χ1n) is 8.61. The number of dihydropyridines is 1. The molecule has 8 heteroatoms. The molecule has 0 radical (unpaired) electrons. The molecule has 0 spiro atoms. The molecule has 0 aromatic heterocycles. The van der Waals surface area contributed by atoms with Gasteiger partial charge in [0.25, 0.3) is 5.84 Å². The fourth-order valence-electron chi connectivity index (χ4n) is 2.81. The van der Waals surface area contributed by atoms with Crippen LogP contribution in [0.2, 0.25) is 0 Å². The molecule has 0 fully saturated rings. The zero-order valence-electron chi connectivity index (χ0n) is 15.4. The average Bonchev–Trinajstić information content (AvgIpc) is 2.65. The lowest BCUT2D eigenvalue weighted by atomic mass is 9.96. The van der Waals surface area contributed by atoms with E-state index in [4.69, 9.17) is 0 Å². The minimum atomic E-state index is -0.628. The molecule has 2 aliphatic heterocycles. The lowest BCUT2D eigenvalue weighted by molar-refractivity contribution is -0.407. The van der Waals surface area contributed by atoms with Crippen molar-refractivity contribution >= 4 is 41.7 Å². The third-order valence-corrected chi connectivity index (χ3v) is 5.50. The Hall–Kier alpha value is -2.22. The largest absolute Gasteiger partial charge is 0.445 e. The maximum atomic E-state index is 12.8. The fraction of sp³-hybridized carbons (Fsp3) is 0.500. The molecule has 7 nitrogen and oxygen atoms in total. The van der Waals surface area contributed by atoms with Crippen LogP contribution in [0.25, 0.3) is 0 Å². The number of amidine groups is 1. The predicted molar refractivity (Wildman–Crippen MR) is 104 cm³/mol. The van der Waals surface area contributed by atoms with Crippen LogP contribution in [0.1, 0.15) is 26.2 Å². The van der Waals surface area contributed by atoms with Crippen LogP contribution < -0.4 is 5.32 Å². The number of carbonyl (C=O) groups excluding carboxylic acids is 3. The first kappa shape index (κ1) is 20.1. The lowest BCUT2D eigenvalue weighted by Gasteiger charge is -2.28. The molecule has 1 atom stereocenters. The van der Waals surface area contributed by atoms with Gasteiger partial charge in [0.1, 0.15) is 6.21 Å². The van der Waals surface area contributed by atoms with Crippen molar-refractivity contribution in [1.82, 2.24) is 10.2 Å². The quantitative estimate of drug-likeness (QED) is 0.517. The van der Waals surface area contributed by atoms with E-state index in [9.17, 15) is 14.4 Å². The molecule has 1 N–H and O–H groups in total. The van der Waals surface area contributed by atoms with E-state index in [1.165, 1.54) is 23.4 Å². The molecule has 140 valence electrons. The van der Waals surface area contributed by atoms with Crippen LogP contribution in [0.5, 0.6) is 0 Å². The van der Waals surface area contributed by atoms with E-state index in [1.54, 1.807) is 19.3 Å². The summed E-state index contributed by atoms with van der Waals surface area (Å²) in [5, 5.41) is 2.74. The maximum absolute atomic E-state index is 12.8. The second-order valence-electron chi connectivity index (χ2n) is 6.16. The number of rotatable bonds is 8. The standard InChI is InChI=1S/C18H24N4O3S/c1-5-7-8-12-10-20-16-14(17(24)22(4)18(25)21(16)3)15(12)26-11-13(23)19-9-6-2/h6,10,14H,2,5,7-9,11H2,1,3-4H3/p+1. The van der Waals surface area contributed by atoms with Crippen molar-refractivity contribution in [2.75, 3.05) is 26.4 Å². The van der Waals surface area contributed by atoms with Crippen molar-refractivity contribution < 1.29 is 19.0 Å². The van der Waals surface area contributed by atoms with Crippen molar-refractivity contribution in [2.45, 2.75) is 26.2 Å². The molecule has 0 aromatic rings. The Morgan fingerprint density at radius 1 is 1.50 bits per heavy atom. The maximum Gasteiger partial charge on any atom is 0.445 e. The van der Waals surface area contributed by atoms with E-state index < -0.39 is 11.9 Å². The molecule has 0 bridgehead atoms. The van der Waals surface area contributed by atoms with E-state index in [-0.39, 0.29) is 17.6 Å². The number of fused-ring (bicyclic) bond motifs is 1. The molecule has 0 saturated heterocycles. The summed E-state index contributed by atoms with van der Waals surface area (Å²) in [5.74, 6) is -0.431. The highest BCUT2D eigenvalue weighted by Gasteiger charge is 2.48. The number of nitrogens with zero attached hydrogens (tertiary/aromatic N) is 3. The number of amides is 4. The summed E-state index contributed by atoms with van der Waals surface area (Å²) >= 11 is 1.34. The van der Waals surface area contributed by atoms with Gasteiger partial charge in [0.15, 0.2) is 5.92 Å². The third kappa shape index (κ3) is 4.12. The molecule has 2 heterocycles. The van der Waals surface area contributed by atoms with Crippen LogP contribution in [0.15, 0.2) is 28.1 Å². The summed E-state index contributed by atoms with van der Waals surface area (Å²) in [5.41, 5.74) is 0.964. The summed E-state index contributed by atoms with van der Waals surface area (Å²) in [6.45, 7) is 6.08. The van der Waals surface area contributed by atoms with E-state index in [2.05, 4.69) is 23.8 Å². The monoisotopic (exact) mass is 377 g/mol. The van der Waals surface area contributed by atoms with Gasteiger partial charge in [-0.2, -0.15) is 9.48 Å².